The summed E-state index contributed by atoms with van der Waals surface area (Å²) in [7, 11) is 1.86. The Labute approximate surface area is 151 Å². The van der Waals surface area contributed by atoms with Gasteiger partial charge in [-0.2, -0.15) is 5.10 Å². The first kappa shape index (κ1) is 16.8. The molecule has 0 spiro atoms. The molecule has 1 saturated carbocycles. The predicted molar refractivity (Wildman–Crippen MR) is 92.3 cm³/mol. The minimum atomic E-state index is -0.301. The molecule has 138 valence electrons. The zero-order valence-electron chi connectivity index (χ0n) is 15.2. The maximum absolute atomic E-state index is 12.9. The second-order valence-electron chi connectivity index (χ2n) is 7.06. The number of nitrogens with one attached hydrogen (secondary N) is 1. The molecule has 0 aromatic carbocycles. The Hall–Kier alpha value is -2.64. The van der Waals surface area contributed by atoms with Gasteiger partial charge in [-0.3, -0.25) is 14.3 Å². The van der Waals surface area contributed by atoms with Crippen LogP contribution < -0.4 is 5.32 Å². The van der Waals surface area contributed by atoms with Crippen LogP contribution in [0.2, 0.25) is 0 Å². The van der Waals surface area contributed by atoms with Crippen molar-refractivity contribution in [3.63, 3.8) is 0 Å². The molecule has 2 aromatic rings. The van der Waals surface area contributed by atoms with E-state index in [1.807, 2.05) is 24.9 Å². The largest absolute Gasteiger partial charge is 0.360 e. The highest BCUT2D eigenvalue weighted by Crippen LogP contribution is 2.41. The lowest BCUT2D eigenvalue weighted by Gasteiger charge is -2.28. The SMILES string of the molecule is CCc1onc(C)c1C(=O)N[C@@H]1CC(=O)N(C2CC2)[C@H]1c1ccnn1C. The number of aromatic nitrogens is 3. The Morgan fingerprint density at radius 3 is 2.81 bits per heavy atom. The molecule has 3 heterocycles. The van der Waals surface area contributed by atoms with E-state index < -0.39 is 0 Å². The summed E-state index contributed by atoms with van der Waals surface area (Å²) < 4.78 is 7.01. The molecule has 8 heteroatoms. The molecule has 2 aromatic heterocycles. The van der Waals surface area contributed by atoms with Crippen LogP contribution in [0.3, 0.4) is 0 Å². The average molecular weight is 357 g/mol. The van der Waals surface area contributed by atoms with Crippen LogP contribution in [0.5, 0.6) is 0 Å². The van der Waals surface area contributed by atoms with E-state index in [-0.39, 0.29) is 29.9 Å². The molecule has 2 atom stereocenters. The highest BCUT2D eigenvalue weighted by molar-refractivity contribution is 5.97. The maximum Gasteiger partial charge on any atom is 0.257 e. The van der Waals surface area contributed by atoms with Gasteiger partial charge in [0.15, 0.2) is 0 Å². The van der Waals surface area contributed by atoms with Gasteiger partial charge in [-0.15, -0.1) is 0 Å². The van der Waals surface area contributed by atoms with E-state index in [2.05, 4.69) is 15.6 Å². The van der Waals surface area contributed by atoms with E-state index in [1.54, 1.807) is 17.8 Å². The number of carbonyl (C=O) groups is 2. The summed E-state index contributed by atoms with van der Waals surface area (Å²) in [5.41, 5.74) is 1.99. The van der Waals surface area contributed by atoms with Gasteiger partial charge >= 0.3 is 0 Å². The first-order valence-electron chi connectivity index (χ1n) is 9.06. The molecule has 2 aliphatic rings. The normalized spacial score (nSPS) is 22.9. The number of likely N-dealkylation sites (tertiary alicyclic amines) is 1. The number of amides is 2. The number of rotatable bonds is 5. The van der Waals surface area contributed by atoms with E-state index in [0.717, 1.165) is 18.5 Å². The van der Waals surface area contributed by atoms with Crippen molar-refractivity contribution in [1.82, 2.24) is 25.2 Å². The molecule has 8 nitrogen and oxygen atoms in total. The molecular formula is C18H23N5O3. The van der Waals surface area contributed by atoms with E-state index in [9.17, 15) is 9.59 Å². The third-order valence-corrected chi connectivity index (χ3v) is 5.26. The summed E-state index contributed by atoms with van der Waals surface area (Å²) in [5.74, 6) is 0.422. The van der Waals surface area contributed by atoms with Gasteiger partial charge < -0.3 is 14.7 Å². The Balaban J connectivity index is 1.64. The van der Waals surface area contributed by atoms with Crippen LogP contribution in [-0.4, -0.2) is 43.7 Å². The van der Waals surface area contributed by atoms with E-state index in [0.29, 0.717) is 29.9 Å². The minimum Gasteiger partial charge on any atom is -0.360 e. The number of hydrogen-bond donors (Lipinski definition) is 1. The Kier molecular flexibility index (Phi) is 4.05. The van der Waals surface area contributed by atoms with Crippen LogP contribution in [0, 0.1) is 6.92 Å². The lowest BCUT2D eigenvalue weighted by Crippen LogP contribution is -2.41. The summed E-state index contributed by atoms with van der Waals surface area (Å²) in [6, 6.07) is 1.69. The molecule has 1 aliphatic carbocycles. The third-order valence-electron chi connectivity index (χ3n) is 5.26. The molecule has 26 heavy (non-hydrogen) atoms. The third kappa shape index (κ3) is 2.69. The Morgan fingerprint density at radius 2 is 2.19 bits per heavy atom. The first-order valence-corrected chi connectivity index (χ1v) is 9.06. The maximum atomic E-state index is 12.9. The second kappa shape index (κ2) is 6.26. The second-order valence-corrected chi connectivity index (χ2v) is 7.06. The zero-order chi connectivity index (χ0) is 18.4. The van der Waals surface area contributed by atoms with E-state index in [1.165, 1.54) is 0 Å². The van der Waals surface area contributed by atoms with Crippen molar-refractivity contribution in [2.24, 2.45) is 7.05 Å². The fourth-order valence-corrected chi connectivity index (χ4v) is 3.88. The lowest BCUT2D eigenvalue weighted by molar-refractivity contribution is -0.129. The minimum absolute atomic E-state index is 0.0850. The molecule has 1 saturated heterocycles. The zero-order valence-corrected chi connectivity index (χ0v) is 15.2. The van der Waals surface area contributed by atoms with Gasteiger partial charge in [0.25, 0.3) is 5.91 Å². The van der Waals surface area contributed by atoms with Gasteiger partial charge in [0, 0.05) is 32.1 Å². The van der Waals surface area contributed by atoms with E-state index in [4.69, 9.17) is 4.52 Å². The van der Waals surface area contributed by atoms with E-state index >= 15 is 0 Å². The van der Waals surface area contributed by atoms with Crippen molar-refractivity contribution in [3.8, 4) is 0 Å². The molecular weight excluding hydrogens is 334 g/mol. The molecule has 4 rings (SSSR count). The average Bonchev–Trinajstić information content (AvgIpc) is 3.11. The lowest BCUT2D eigenvalue weighted by atomic mass is 10.0. The smallest absolute Gasteiger partial charge is 0.257 e. The Bertz CT molecular complexity index is 851. The van der Waals surface area contributed by atoms with Crippen molar-refractivity contribution in [2.75, 3.05) is 0 Å². The van der Waals surface area contributed by atoms with Gasteiger partial charge in [0.2, 0.25) is 5.91 Å². The van der Waals surface area contributed by atoms with Crippen LogP contribution >= 0.6 is 0 Å². The molecule has 1 aliphatic heterocycles. The summed E-state index contributed by atoms with van der Waals surface area (Å²) in [6.45, 7) is 3.68. The van der Waals surface area contributed by atoms with Gasteiger partial charge in [-0.1, -0.05) is 12.1 Å². The number of hydrogen-bond acceptors (Lipinski definition) is 5. The van der Waals surface area contributed by atoms with Gasteiger partial charge in [0.05, 0.1) is 23.5 Å². The first-order chi connectivity index (χ1) is 12.5. The molecule has 0 unspecified atom stereocenters. The van der Waals surface area contributed by atoms with Gasteiger partial charge in [0.1, 0.15) is 11.3 Å². The highest BCUT2D eigenvalue weighted by atomic mass is 16.5. The fraction of sp³-hybridized carbons (Fsp3) is 0.556. The van der Waals surface area contributed by atoms with Crippen molar-refractivity contribution < 1.29 is 14.1 Å². The summed E-state index contributed by atoms with van der Waals surface area (Å²) >= 11 is 0. The topological polar surface area (TPSA) is 93.3 Å². The standard InChI is InChI=1S/C18H23N5O3/c1-4-14-16(10(2)21-26-14)18(25)20-12-9-15(24)23(11-5-6-11)17(12)13-7-8-19-22(13)3/h7-8,11-12,17H,4-6,9H2,1-3H3,(H,20,25)/t12-,17-/m1/s1. The summed E-state index contributed by atoms with van der Waals surface area (Å²) in [6.07, 6.45) is 4.65. The van der Waals surface area contributed by atoms with Crippen molar-refractivity contribution in [1.29, 1.82) is 0 Å². The molecule has 2 fully saturated rings. The fourth-order valence-electron chi connectivity index (χ4n) is 3.88. The Morgan fingerprint density at radius 1 is 1.42 bits per heavy atom. The van der Waals surface area contributed by atoms with Crippen LogP contribution in [-0.2, 0) is 18.3 Å². The van der Waals surface area contributed by atoms with Crippen LogP contribution in [0.15, 0.2) is 16.8 Å². The quantitative estimate of drug-likeness (QED) is 0.875. The van der Waals surface area contributed by atoms with Crippen molar-refractivity contribution in [2.45, 2.75) is 57.7 Å². The van der Waals surface area contributed by atoms with Crippen molar-refractivity contribution >= 4 is 11.8 Å². The molecule has 0 bridgehead atoms. The van der Waals surface area contributed by atoms with Gasteiger partial charge in [-0.25, -0.2) is 0 Å². The highest BCUT2D eigenvalue weighted by Gasteiger charge is 2.48. The number of nitrogens with zero attached hydrogens (tertiary/aromatic N) is 4. The molecule has 2 amide bonds. The van der Waals surface area contributed by atoms with Crippen LogP contribution in [0.4, 0.5) is 0 Å². The number of carbonyl (C=O) groups excluding carboxylic acids is 2. The number of aryl methyl sites for hydroxylation is 3. The monoisotopic (exact) mass is 357 g/mol. The van der Waals surface area contributed by atoms with Crippen molar-refractivity contribution in [3.05, 3.63) is 35.0 Å². The summed E-state index contributed by atoms with van der Waals surface area (Å²) in [5, 5.41) is 11.2. The molecule has 1 N–H and O–H groups in total. The molecule has 0 radical (unpaired) electrons. The van der Waals surface area contributed by atoms with Crippen LogP contribution in [0.1, 0.15) is 59.7 Å². The summed E-state index contributed by atoms with van der Waals surface area (Å²) in [4.78, 5) is 27.5. The predicted octanol–water partition coefficient (Wildman–Crippen LogP) is 1.51. The van der Waals surface area contributed by atoms with Crippen LogP contribution in [0.25, 0.3) is 0 Å². The van der Waals surface area contributed by atoms with Gasteiger partial charge in [-0.05, 0) is 25.8 Å².